The molecule has 0 spiro atoms. The molecule has 21 heavy (non-hydrogen) atoms. The van der Waals surface area contributed by atoms with Crippen molar-refractivity contribution in [2.24, 2.45) is 11.1 Å². The highest BCUT2D eigenvalue weighted by molar-refractivity contribution is 6.30. The van der Waals surface area contributed by atoms with Crippen molar-refractivity contribution in [3.63, 3.8) is 0 Å². The number of benzene rings is 1. The summed E-state index contributed by atoms with van der Waals surface area (Å²) in [5.74, 6) is 0.338. The number of halogens is 1. The Bertz CT molecular complexity index is 519. The van der Waals surface area contributed by atoms with E-state index in [1.54, 1.807) is 0 Å². The van der Waals surface area contributed by atoms with Crippen molar-refractivity contribution < 1.29 is 0 Å². The van der Waals surface area contributed by atoms with Gasteiger partial charge in [-0.05, 0) is 36.5 Å². The summed E-state index contributed by atoms with van der Waals surface area (Å²) in [7, 11) is 0. The summed E-state index contributed by atoms with van der Waals surface area (Å²) in [4.78, 5) is 4.92. The molecule has 1 aliphatic heterocycles. The molecule has 0 atom stereocenters. The molecule has 0 radical (unpaired) electrons. The number of amidine groups is 1. The van der Waals surface area contributed by atoms with Crippen LogP contribution >= 0.6 is 11.6 Å². The monoisotopic (exact) mass is 306 g/mol. The molecule has 2 fully saturated rings. The Morgan fingerprint density at radius 1 is 1.24 bits per heavy atom. The van der Waals surface area contributed by atoms with E-state index >= 15 is 0 Å². The van der Waals surface area contributed by atoms with Gasteiger partial charge in [0.05, 0.1) is 5.84 Å². The Labute approximate surface area is 131 Å². The molecular formula is C16H23ClN4. The number of hydrogen-bond donors (Lipinski definition) is 2. The van der Waals surface area contributed by atoms with Crippen LogP contribution in [0.1, 0.15) is 19.3 Å². The highest BCUT2D eigenvalue weighted by atomic mass is 35.5. The third kappa shape index (κ3) is 3.69. The first-order valence-electron chi connectivity index (χ1n) is 7.62. The van der Waals surface area contributed by atoms with E-state index in [2.05, 4.69) is 15.9 Å². The van der Waals surface area contributed by atoms with Gasteiger partial charge in [0.2, 0.25) is 0 Å². The Kier molecular flexibility index (Phi) is 4.09. The lowest BCUT2D eigenvalue weighted by atomic mass is 10.0. The second-order valence-corrected chi connectivity index (χ2v) is 6.88. The van der Waals surface area contributed by atoms with Crippen molar-refractivity contribution >= 4 is 23.1 Å². The first-order valence-corrected chi connectivity index (χ1v) is 8.00. The SMILES string of the molecule is N=C(N)CC1(CN2CCN(c3cccc(Cl)c3)CC2)CC1. The fraction of sp³-hybridized carbons (Fsp3) is 0.562. The highest BCUT2D eigenvalue weighted by Crippen LogP contribution is 2.49. The van der Waals surface area contributed by atoms with Crippen molar-refractivity contribution in [3.8, 4) is 0 Å². The second-order valence-electron chi connectivity index (χ2n) is 6.45. The number of nitrogens with two attached hydrogens (primary N) is 1. The van der Waals surface area contributed by atoms with E-state index in [-0.39, 0.29) is 0 Å². The second kappa shape index (κ2) is 5.85. The number of nitrogens with one attached hydrogen (secondary N) is 1. The summed E-state index contributed by atoms with van der Waals surface area (Å²) >= 11 is 6.07. The third-order valence-electron chi connectivity index (χ3n) is 4.63. The van der Waals surface area contributed by atoms with E-state index in [1.807, 2.05) is 18.2 Å². The van der Waals surface area contributed by atoms with Gasteiger partial charge in [-0.3, -0.25) is 10.3 Å². The number of anilines is 1. The predicted octanol–water partition coefficient (Wildman–Crippen LogP) is 2.57. The zero-order valence-electron chi connectivity index (χ0n) is 12.3. The van der Waals surface area contributed by atoms with Crippen LogP contribution in [-0.2, 0) is 0 Å². The first-order chi connectivity index (χ1) is 10.1. The molecule has 114 valence electrons. The maximum absolute atomic E-state index is 7.51. The van der Waals surface area contributed by atoms with E-state index in [0.29, 0.717) is 11.3 Å². The molecule has 3 N–H and O–H groups in total. The van der Waals surface area contributed by atoms with E-state index in [0.717, 1.165) is 44.2 Å². The van der Waals surface area contributed by atoms with Crippen LogP contribution in [0.5, 0.6) is 0 Å². The minimum absolute atomic E-state index is 0.310. The molecule has 2 aliphatic rings. The lowest BCUT2D eigenvalue weighted by Crippen LogP contribution is -2.48. The maximum Gasteiger partial charge on any atom is 0.0911 e. The third-order valence-corrected chi connectivity index (χ3v) is 4.86. The van der Waals surface area contributed by atoms with Gasteiger partial charge in [0.1, 0.15) is 0 Å². The standard InChI is InChI=1S/C16H23ClN4/c17-13-2-1-3-14(10-13)21-8-6-20(7-9-21)12-16(4-5-16)11-15(18)19/h1-3,10H,4-9,11-12H2,(H3,18,19). The van der Waals surface area contributed by atoms with Crippen LogP contribution in [0.2, 0.25) is 5.02 Å². The largest absolute Gasteiger partial charge is 0.388 e. The van der Waals surface area contributed by atoms with Crippen LogP contribution < -0.4 is 10.6 Å². The Morgan fingerprint density at radius 3 is 2.52 bits per heavy atom. The van der Waals surface area contributed by atoms with Gasteiger partial charge in [-0.2, -0.15) is 0 Å². The van der Waals surface area contributed by atoms with Gasteiger partial charge in [0, 0.05) is 49.9 Å². The highest BCUT2D eigenvalue weighted by Gasteiger charge is 2.44. The molecular weight excluding hydrogens is 284 g/mol. The van der Waals surface area contributed by atoms with Crippen molar-refractivity contribution in [2.75, 3.05) is 37.6 Å². The van der Waals surface area contributed by atoms with Crippen molar-refractivity contribution in [1.29, 1.82) is 5.41 Å². The number of hydrogen-bond acceptors (Lipinski definition) is 3. The molecule has 4 nitrogen and oxygen atoms in total. The number of piperazine rings is 1. The Hall–Kier alpha value is -1.26. The molecule has 0 aromatic heterocycles. The Balaban J connectivity index is 1.52. The lowest BCUT2D eigenvalue weighted by Gasteiger charge is -2.37. The molecule has 1 heterocycles. The van der Waals surface area contributed by atoms with Gasteiger partial charge < -0.3 is 10.6 Å². The number of nitrogens with zero attached hydrogens (tertiary/aromatic N) is 2. The Morgan fingerprint density at radius 2 is 1.95 bits per heavy atom. The maximum atomic E-state index is 7.51. The van der Waals surface area contributed by atoms with E-state index in [1.165, 1.54) is 18.5 Å². The van der Waals surface area contributed by atoms with Crippen LogP contribution in [0.25, 0.3) is 0 Å². The molecule has 0 amide bonds. The van der Waals surface area contributed by atoms with Crippen molar-refractivity contribution in [2.45, 2.75) is 19.3 Å². The minimum atomic E-state index is 0.310. The molecule has 0 unspecified atom stereocenters. The van der Waals surface area contributed by atoms with Gasteiger partial charge in [0.25, 0.3) is 0 Å². The number of rotatable bonds is 5. The molecule has 3 rings (SSSR count). The van der Waals surface area contributed by atoms with Crippen LogP contribution in [0.15, 0.2) is 24.3 Å². The normalized spacial score (nSPS) is 21.3. The zero-order chi connectivity index (χ0) is 14.9. The smallest absolute Gasteiger partial charge is 0.0911 e. The molecule has 5 heteroatoms. The summed E-state index contributed by atoms with van der Waals surface area (Å²) in [6.45, 7) is 5.32. The molecule has 1 saturated heterocycles. The molecule has 1 aliphatic carbocycles. The summed E-state index contributed by atoms with van der Waals surface area (Å²) in [5, 5.41) is 8.31. The molecule has 1 aromatic carbocycles. The van der Waals surface area contributed by atoms with Gasteiger partial charge in [0.15, 0.2) is 0 Å². The van der Waals surface area contributed by atoms with Gasteiger partial charge in [-0.1, -0.05) is 17.7 Å². The van der Waals surface area contributed by atoms with Gasteiger partial charge in [-0.25, -0.2) is 0 Å². The van der Waals surface area contributed by atoms with Crippen LogP contribution in [0.3, 0.4) is 0 Å². The van der Waals surface area contributed by atoms with Crippen LogP contribution in [0, 0.1) is 10.8 Å². The van der Waals surface area contributed by atoms with Gasteiger partial charge >= 0.3 is 0 Å². The van der Waals surface area contributed by atoms with E-state index < -0.39 is 0 Å². The van der Waals surface area contributed by atoms with E-state index in [9.17, 15) is 0 Å². The average molecular weight is 307 g/mol. The first kappa shape index (κ1) is 14.7. The van der Waals surface area contributed by atoms with Crippen molar-refractivity contribution in [3.05, 3.63) is 29.3 Å². The summed E-state index contributed by atoms with van der Waals surface area (Å²) in [5.41, 5.74) is 7.10. The molecule has 1 aromatic rings. The molecule has 0 bridgehead atoms. The van der Waals surface area contributed by atoms with Crippen molar-refractivity contribution in [1.82, 2.24) is 4.90 Å². The topological polar surface area (TPSA) is 56.4 Å². The van der Waals surface area contributed by atoms with Gasteiger partial charge in [-0.15, -0.1) is 0 Å². The van der Waals surface area contributed by atoms with Crippen LogP contribution in [0.4, 0.5) is 5.69 Å². The fourth-order valence-corrected chi connectivity index (χ4v) is 3.47. The van der Waals surface area contributed by atoms with Crippen LogP contribution in [-0.4, -0.2) is 43.5 Å². The fourth-order valence-electron chi connectivity index (χ4n) is 3.28. The summed E-state index contributed by atoms with van der Waals surface area (Å²) < 4.78 is 0. The lowest BCUT2D eigenvalue weighted by molar-refractivity contribution is 0.210. The molecule has 1 saturated carbocycles. The average Bonchev–Trinajstić information content (AvgIpc) is 3.18. The quantitative estimate of drug-likeness (QED) is 0.649. The zero-order valence-corrected chi connectivity index (χ0v) is 13.1. The summed E-state index contributed by atoms with van der Waals surface area (Å²) in [6.07, 6.45) is 3.21. The van der Waals surface area contributed by atoms with E-state index in [4.69, 9.17) is 22.7 Å². The predicted molar refractivity (Wildman–Crippen MR) is 88.3 cm³/mol. The summed E-state index contributed by atoms with van der Waals surface area (Å²) in [6, 6.07) is 8.09. The minimum Gasteiger partial charge on any atom is -0.388 e.